The van der Waals surface area contributed by atoms with Gasteiger partial charge in [0.25, 0.3) is 0 Å². The number of ether oxygens (including phenoxy) is 1. The summed E-state index contributed by atoms with van der Waals surface area (Å²) >= 11 is 5.35. The summed E-state index contributed by atoms with van der Waals surface area (Å²) in [5.41, 5.74) is 1.26. The predicted molar refractivity (Wildman–Crippen MR) is 82.3 cm³/mol. The van der Waals surface area contributed by atoms with Crippen LogP contribution in [0.5, 0.6) is 0 Å². The Kier molecular flexibility index (Phi) is 4.51. The van der Waals surface area contributed by atoms with Gasteiger partial charge >= 0.3 is 0 Å². The van der Waals surface area contributed by atoms with Crippen LogP contribution in [0.3, 0.4) is 0 Å². The first-order valence-corrected chi connectivity index (χ1v) is 8.41. The molecule has 0 radical (unpaired) electrons. The van der Waals surface area contributed by atoms with Gasteiger partial charge in [-0.05, 0) is 50.5 Å². The minimum atomic E-state index is 0.0979. The maximum absolute atomic E-state index is 6.04. The van der Waals surface area contributed by atoms with E-state index in [1.165, 1.54) is 50.6 Å². The molecule has 0 aromatic carbocycles. The maximum atomic E-state index is 6.04. The van der Waals surface area contributed by atoms with Crippen LogP contribution in [-0.2, 0) is 4.74 Å². The first-order valence-electron chi connectivity index (χ1n) is 8.00. The van der Waals surface area contributed by atoms with Gasteiger partial charge in [-0.25, -0.2) is 4.98 Å². The molecular formula is C16H24N2OS. The first kappa shape index (κ1) is 14.2. The van der Waals surface area contributed by atoms with Gasteiger partial charge in [-0.15, -0.1) is 0 Å². The van der Waals surface area contributed by atoms with Crippen LogP contribution in [0.15, 0.2) is 6.07 Å². The van der Waals surface area contributed by atoms with Crippen LogP contribution in [-0.4, -0.2) is 16.6 Å². The smallest absolute Gasteiger partial charge is 0.137 e. The molecule has 0 bridgehead atoms. The van der Waals surface area contributed by atoms with E-state index in [0.717, 1.165) is 12.4 Å². The number of aromatic nitrogens is 2. The van der Waals surface area contributed by atoms with E-state index in [0.29, 0.717) is 16.5 Å². The van der Waals surface area contributed by atoms with E-state index >= 15 is 0 Å². The van der Waals surface area contributed by atoms with Crippen LogP contribution in [0.25, 0.3) is 0 Å². The second-order valence-electron chi connectivity index (χ2n) is 6.11. The Hall–Kier alpha value is -0.740. The molecule has 2 aliphatic carbocycles. The maximum Gasteiger partial charge on any atom is 0.137 e. The summed E-state index contributed by atoms with van der Waals surface area (Å²) in [7, 11) is 0. The third-order valence-electron chi connectivity index (χ3n) is 4.49. The fourth-order valence-electron chi connectivity index (χ4n) is 3.30. The third-order valence-corrected chi connectivity index (χ3v) is 4.70. The molecule has 1 heterocycles. The van der Waals surface area contributed by atoms with Crippen molar-refractivity contribution < 1.29 is 4.74 Å². The lowest BCUT2D eigenvalue weighted by molar-refractivity contribution is -0.000390. The van der Waals surface area contributed by atoms with Crippen LogP contribution in [0.4, 0.5) is 0 Å². The Morgan fingerprint density at radius 1 is 1.30 bits per heavy atom. The van der Waals surface area contributed by atoms with Crippen LogP contribution in [0.1, 0.15) is 75.4 Å². The monoisotopic (exact) mass is 292 g/mol. The van der Waals surface area contributed by atoms with E-state index in [1.54, 1.807) is 0 Å². The molecule has 1 N–H and O–H groups in total. The Morgan fingerprint density at radius 2 is 2.05 bits per heavy atom. The van der Waals surface area contributed by atoms with Crippen LogP contribution >= 0.6 is 12.2 Å². The molecular weight excluding hydrogens is 268 g/mol. The first-order chi connectivity index (χ1) is 9.78. The summed E-state index contributed by atoms with van der Waals surface area (Å²) in [6, 6.07) is 2.03. The van der Waals surface area contributed by atoms with Crippen molar-refractivity contribution in [3.05, 3.63) is 22.2 Å². The molecule has 3 nitrogen and oxygen atoms in total. The van der Waals surface area contributed by atoms with Gasteiger partial charge in [0.2, 0.25) is 0 Å². The zero-order chi connectivity index (χ0) is 13.9. The molecule has 2 saturated carbocycles. The molecule has 2 fully saturated rings. The van der Waals surface area contributed by atoms with E-state index in [4.69, 9.17) is 17.0 Å². The van der Waals surface area contributed by atoms with Gasteiger partial charge in [0.05, 0.1) is 0 Å². The van der Waals surface area contributed by atoms with E-state index in [9.17, 15) is 0 Å². The highest BCUT2D eigenvalue weighted by atomic mass is 32.1. The largest absolute Gasteiger partial charge is 0.370 e. The number of aromatic amines is 1. The van der Waals surface area contributed by atoms with E-state index < -0.39 is 0 Å². The molecule has 0 spiro atoms. The van der Waals surface area contributed by atoms with Crippen LogP contribution in [0, 0.1) is 10.6 Å². The number of hydrogen-bond acceptors (Lipinski definition) is 3. The highest BCUT2D eigenvalue weighted by molar-refractivity contribution is 7.71. The highest BCUT2D eigenvalue weighted by Gasteiger charge is 2.30. The summed E-state index contributed by atoms with van der Waals surface area (Å²) in [6.45, 7) is 2.80. The minimum absolute atomic E-state index is 0.0979. The number of nitrogens with one attached hydrogen (secondary N) is 1. The summed E-state index contributed by atoms with van der Waals surface area (Å²) < 4.78 is 6.75. The number of H-pyrrole nitrogens is 1. The number of rotatable bonds is 5. The van der Waals surface area contributed by atoms with Crippen molar-refractivity contribution in [2.75, 3.05) is 6.61 Å². The average Bonchev–Trinajstić information content (AvgIpc) is 3.29. The van der Waals surface area contributed by atoms with Crippen molar-refractivity contribution in [1.82, 2.24) is 9.97 Å². The Bertz CT molecular complexity index is 503. The quantitative estimate of drug-likeness (QED) is 0.801. The van der Waals surface area contributed by atoms with E-state index in [1.807, 2.05) is 6.07 Å². The fourth-order valence-corrected chi connectivity index (χ4v) is 3.53. The lowest BCUT2D eigenvalue weighted by Gasteiger charge is -2.29. The zero-order valence-electron chi connectivity index (χ0n) is 12.2. The van der Waals surface area contributed by atoms with Crippen molar-refractivity contribution in [3.8, 4) is 0 Å². The second-order valence-corrected chi connectivity index (χ2v) is 6.53. The lowest BCUT2D eigenvalue weighted by atomic mass is 9.85. The molecule has 0 amide bonds. The minimum Gasteiger partial charge on any atom is -0.370 e. The van der Waals surface area contributed by atoms with Crippen molar-refractivity contribution in [2.45, 2.75) is 63.9 Å². The molecule has 3 rings (SSSR count). The second kappa shape index (κ2) is 6.35. The van der Waals surface area contributed by atoms with Gasteiger partial charge in [0.15, 0.2) is 0 Å². The Labute approximate surface area is 126 Å². The Morgan fingerprint density at radius 3 is 2.70 bits per heavy atom. The standard InChI is InChI=1S/C16H24N2OS/c1-2-19-15(12-6-4-3-5-7-12)16-17-13(11-8-9-11)10-14(20)18-16/h10-12,15H,2-9H2,1H3,(H,17,18,20). The van der Waals surface area contributed by atoms with Crippen molar-refractivity contribution in [3.63, 3.8) is 0 Å². The molecule has 110 valence electrons. The molecule has 1 aromatic rings. The molecule has 2 aliphatic rings. The van der Waals surface area contributed by atoms with Gasteiger partial charge in [-0.3, -0.25) is 0 Å². The van der Waals surface area contributed by atoms with E-state index in [2.05, 4.69) is 16.9 Å². The summed E-state index contributed by atoms with van der Waals surface area (Å²) in [6.07, 6.45) is 9.15. The molecule has 1 atom stereocenters. The van der Waals surface area contributed by atoms with Gasteiger partial charge in [-0.1, -0.05) is 31.5 Å². The SMILES string of the molecule is CCOC(c1nc(=S)cc(C2CC2)[nH]1)C1CCCCC1. The number of nitrogens with zero attached hydrogens (tertiary/aromatic N) is 1. The molecule has 4 heteroatoms. The average molecular weight is 292 g/mol. The lowest BCUT2D eigenvalue weighted by Crippen LogP contribution is -2.21. The van der Waals surface area contributed by atoms with Crippen molar-refractivity contribution in [1.29, 1.82) is 0 Å². The predicted octanol–water partition coefficient (Wildman–Crippen LogP) is 4.67. The van der Waals surface area contributed by atoms with Crippen molar-refractivity contribution >= 4 is 12.2 Å². The normalized spacial score (nSPS) is 21.9. The molecule has 1 aromatic heterocycles. The summed E-state index contributed by atoms with van der Waals surface area (Å²) in [4.78, 5) is 8.10. The van der Waals surface area contributed by atoms with Gasteiger partial charge < -0.3 is 9.72 Å². The van der Waals surface area contributed by atoms with Crippen LogP contribution < -0.4 is 0 Å². The van der Waals surface area contributed by atoms with Crippen LogP contribution in [0.2, 0.25) is 0 Å². The van der Waals surface area contributed by atoms with Gasteiger partial charge in [0.1, 0.15) is 16.6 Å². The summed E-state index contributed by atoms with van der Waals surface area (Å²) in [5.74, 6) is 2.23. The van der Waals surface area contributed by atoms with E-state index in [-0.39, 0.29) is 6.10 Å². The van der Waals surface area contributed by atoms with Crippen molar-refractivity contribution in [2.24, 2.45) is 5.92 Å². The molecule has 20 heavy (non-hydrogen) atoms. The third kappa shape index (κ3) is 3.29. The summed E-state index contributed by atoms with van der Waals surface area (Å²) in [5, 5.41) is 0. The fraction of sp³-hybridized carbons (Fsp3) is 0.750. The zero-order valence-corrected chi connectivity index (χ0v) is 13.0. The molecule has 0 aliphatic heterocycles. The molecule has 0 saturated heterocycles. The molecule has 1 unspecified atom stereocenters. The topological polar surface area (TPSA) is 37.9 Å². The van der Waals surface area contributed by atoms with Gasteiger partial charge in [0, 0.05) is 12.3 Å². The van der Waals surface area contributed by atoms with Gasteiger partial charge in [-0.2, -0.15) is 0 Å². The number of hydrogen-bond donors (Lipinski definition) is 1. The highest BCUT2D eigenvalue weighted by Crippen LogP contribution is 2.40. The Balaban J connectivity index is 1.87.